The number of nitrogens with two attached hydrogens (primary N) is 2. The van der Waals surface area contributed by atoms with Crippen molar-refractivity contribution in [1.29, 1.82) is 0 Å². The first kappa shape index (κ1) is 9.51. The highest BCUT2D eigenvalue weighted by Gasteiger charge is 2.21. The van der Waals surface area contributed by atoms with Gasteiger partial charge in [-0.05, 0) is 12.2 Å². The van der Waals surface area contributed by atoms with Crippen molar-refractivity contribution < 1.29 is 14.6 Å². The van der Waals surface area contributed by atoms with Crippen molar-refractivity contribution in [1.82, 2.24) is 0 Å². The SMILES string of the molecule is N/C=C(/O)C1=C(N)CC=C2OCOC2=C1. The third-order valence-corrected chi connectivity index (χ3v) is 2.23. The molecular weight excluding hydrogens is 196 g/mol. The van der Waals surface area contributed by atoms with Crippen molar-refractivity contribution in [3.05, 3.63) is 46.9 Å². The fourth-order valence-corrected chi connectivity index (χ4v) is 1.44. The van der Waals surface area contributed by atoms with E-state index in [1.54, 1.807) is 6.08 Å². The van der Waals surface area contributed by atoms with E-state index in [9.17, 15) is 5.11 Å². The molecule has 80 valence electrons. The van der Waals surface area contributed by atoms with E-state index in [1.807, 2.05) is 6.08 Å². The van der Waals surface area contributed by atoms with Gasteiger partial charge < -0.3 is 26.0 Å². The highest BCUT2D eigenvalue weighted by molar-refractivity contribution is 5.45. The Balaban J connectivity index is 2.42. The molecule has 1 fully saturated rings. The zero-order valence-corrected chi connectivity index (χ0v) is 8.06. The molecule has 0 aromatic heterocycles. The Labute approximate surface area is 87.0 Å². The van der Waals surface area contributed by atoms with Crippen LogP contribution in [0.25, 0.3) is 0 Å². The van der Waals surface area contributed by atoms with E-state index in [-0.39, 0.29) is 12.6 Å². The molecule has 1 aliphatic carbocycles. The predicted octanol–water partition coefficient (Wildman–Crippen LogP) is 0.733. The lowest BCUT2D eigenvalue weighted by atomic mass is 10.1. The van der Waals surface area contributed by atoms with Crippen molar-refractivity contribution >= 4 is 0 Å². The quantitative estimate of drug-likeness (QED) is 0.553. The van der Waals surface area contributed by atoms with Gasteiger partial charge in [0.25, 0.3) is 0 Å². The first-order valence-corrected chi connectivity index (χ1v) is 4.50. The lowest BCUT2D eigenvalue weighted by molar-refractivity contribution is 0.0973. The van der Waals surface area contributed by atoms with E-state index in [0.717, 1.165) is 6.20 Å². The smallest absolute Gasteiger partial charge is 0.231 e. The van der Waals surface area contributed by atoms with E-state index >= 15 is 0 Å². The van der Waals surface area contributed by atoms with E-state index in [4.69, 9.17) is 20.9 Å². The Morgan fingerprint density at radius 2 is 2.13 bits per heavy atom. The number of hydrogen-bond donors (Lipinski definition) is 3. The zero-order chi connectivity index (χ0) is 10.8. The summed E-state index contributed by atoms with van der Waals surface area (Å²) in [7, 11) is 0. The van der Waals surface area contributed by atoms with Gasteiger partial charge in [0, 0.05) is 23.9 Å². The van der Waals surface area contributed by atoms with Gasteiger partial charge in [-0.3, -0.25) is 0 Å². The molecule has 0 unspecified atom stereocenters. The van der Waals surface area contributed by atoms with Gasteiger partial charge in [0.05, 0.1) is 0 Å². The van der Waals surface area contributed by atoms with Crippen LogP contribution in [0.15, 0.2) is 46.9 Å². The molecule has 1 heterocycles. The van der Waals surface area contributed by atoms with E-state index < -0.39 is 0 Å². The third-order valence-electron chi connectivity index (χ3n) is 2.23. The molecule has 0 spiro atoms. The predicted molar refractivity (Wildman–Crippen MR) is 53.9 cm³/mol. The Morgan fingerprint density at radius 3 is 2.87 bits per heavy atom. The van der Waals surface area contributed by atoms with E-state index in [0.29, 0.717) is 29.2 Å². The molecule has 5 N–H and O–H groups in total. The van der Waals surface area contributed by atoms with Gasteiger partial charge in [-0.2, -0.15) is 0 Å². The molecule has 1 saturated heterocycles. The Hall–Kier alpha value is -2.04. The number of rotatable bonds is 1. The van der Waals surface area contributed by atoms with Crippen LogP contribution < -0.4 is 11.5 Å². The van der Waals surface area contributed by atoms with Gasteiger partial charge in [0.1, 0.15) is 5.76 Å². The summed E-state index contributed by atoms with van der Waals surface area (Å²) in [4.78, 5) is 0. The van der Waals surface area contributed by atoms with Crippen LogP contribution in [-0.4, -0.2) is 11.9 Å². The van der Waals surface area contributed by atoms with Gasteiger partial charge in [-0.15, -0.1) is 0 Å². The molecule has 2 rings (SSSR count). The second kappa shape index (κ2) is 3.61. The van der Waals surface area contributed by atoms with Crippen molar-refractivity contribution in [2.45, 2.75) is 6.42 Å². The summed E-state index contributed by atoms with van der Waals surface area (Å²) < 4.78 is 10.4. The van der Waals surface area contributed by atoms with E-state index in [2.05, 4.69) is 0 Å². The molecule has 5 nitrogen and oxygen atoms in total. The molecule has 15 heavy (non-hydrogen) atoms. The van der Waals surface area contributed by atoms with Gasteiger partial charge in [0.2, 0.25) is 6.79 Å². The molecule has 0 amide bonds. The molecule has 0 aromatic carbocycles. The van der Waals surface area contributed by atoms with Crippen molar-refractivity contribution in [2.75, 3.05) is 6.79 Å². The van der Waals surface area contributed by atoms with Crippen LogP contribution in [-0.2, 0) is 9.47 Å². The summed E-state index contributed by atoms with van der Waals surface area (Å²) in [6.07, 6.45) is 5.02. The second-order valence-corrected chi connectivity index (χ2v) is 3.18. The molecule has 0 radical (unpaired) electrons. The number of aliphatic hydroxyl groups is 1. The summed E-state index contributed by atoms with van der Waals surface area (Å²) >= 11 is 0. The first-order valence-electron chi connectivity index (χ1n) is 4.50. The summed E-state index contributed by atoms with van der Waals surface area (Å²) in [6, 6.07) is 0. The largest absolute Gasteiger partial charge is 0.506 e. The average Bonchev–Trinajstić information content (AvgIpc) is 2.63. The van der Waals surface area contributed by atoms with Crippen LogP contribution in [0.4, 0.5) is 0 Å². The number of hydrogen-bond acceptors (Lipinski definition) is 5. The maximum atomic E-state index is 9.53. The Bertz CT molecular complexity index is 405. The molecule has 0 bridgehead atoms. The molecule has 0 saturated carbocycles. The van der Waals surface area contributed by atoms with Crippen LogP contribution in [0.5, 0.6) is 0 Å². The molecule has 2 aliphatic rings. The van der Waals surface area contributed by atoms with Crippen molar-refractivity contribution in [2.24, 2.45) is 11.5 Å². The fraction of sp³-hybridized carbons (Fsp3) is 0.200. The summed E-state index contributed by atoms with van der Waals surface area (Å²) in [5.41, 5.74) is 12.0. The third kappa shape index (κ3) is 1.63. The number of allylic oxidation sites excluding steroid dienone is 2. The highest BCUT2D eigenvalue weighted by Crippen LogP contribution is 2.28. The van der Waals surface area contributed by atoms with E-state index in [1.165, 1.54) is 0 Å². The molecule has 0 aromatic rings. The topological polar surface area (TPSA) is 90.7 Å². The minimum atomic E-state index is -0.0647. The minimum absolute atomic E-state index is 0.0647. The molecule has 0 atom stereocenters. The maximum absolute atomic E-state index is 9.53. The number of ether oxygens (including phenoxy) is 2. The minimum Gasteiger partial charge on any atom is -0.506 e. The van der Waals surface area contributed by atoms with Crippen LogP contribution in [0.1, 0.15) is 6.42 Å². The first-order chi connectivity index (χ1) is 7.22. The van der Waals surface area contributed by atoms with Gasteiger partial charge in [0.15, 0.2) is 11.5 Å². The van der Waals surface area contributed by atoms with Gasteiger partial charge in [-0.1, -0.05) is 0 Å². The Morgan fingerprint density at radius 1 is 1.40 bits per heavy atom. The van der Waals surface area contributed by atoms with Crippen LogP contribution in [0, 0.1) is 0 Å². The van der Waals surface area contributed by atoms with Crippen molar-refractivity contribution in [3.63, 3.8) is 0 Å². The summed E-state index contributed by atoms with van der Waals surface area (Å²) in [5.74, 6) is 1.15. The summed E-state index contributed by atoms with van der Waals surface area (Å²) in [5, 5.41) is 9.53. The van der Waals surface area contributed by atoms with Crippen LogP contribution >= 0.6 is 0 Å². The molecular formula is C10H12N2O3. The van der Waals surface area contributed by atoms with Crippen molar-refractivity contribution in [3.8, 4) is 0 Å². The van der Waals surface area contributed by atoms with Crippen LogP contribution in [0.3, 0.4) is 0 Å². The fourth-order valence-electron chi connectivity index (χ4n) is 1.44. The van der Waals surface area contributed by atoms with Crippen LogP contribution in [0.2, 0.25) is 0 Å². The van der Waals surface area contributed by atoms with Gasteiger partial charge >= 0.3 is 0 Å². The Kier molecular flexibility index (Phi) is 2.29. The van der Waals surface area contributed by atoms with Gasteiger partial charge in [-0.25, -0.2) is 0 Å². The average molecular weight is 208 g/mol. The maximum Gasteiger partial charge on any atom is 0.231 e. The molecule has 5 heteroatoms. The monoisotopic (exact) mass is 208 g/mol. The molecule has 1 aliphatic heterocycles. The lowest BCUT2D eigenvalue weighted by Gasteiger charge is -2.04. The number of aliphatic hydroxyl groups excluding tert-OH is 1. The highest BCUT2D eigenvalue weighted by atomic mass is 16.7. The summed E-state index contributed by atoms with van der Waals surface area (Å²) in [6.45, 7) is 0.192. The number of fused-ring (bicyclic) bond motifs is 1. The zero-order valence-electron chi connectivity index (χ0n) is 8.06. The standard InChI is InChI=1S/C10H12N2O3/c11-4-8(13)6-3-10-9(14-5-15-10)2-1-7(6)12/h2-4,13H,1,5,11-12H2/b8-4+. The second-order valence-electron chi connectivity index (χ2n) is 3.18. The normalized spacial score (nSPS) is 20.9. The lowest BCUT2D eigenvalue weighted by Crippen LogP contribution is -2.03.